The van der Waals surface area contributed by atoms with E-state index in [4.69, 9.17) is 0 Å². The van der Waals surface area contributed by atoms with Gasteiger partial charge in [-0.1, -0.05) is 0 Å². The molecule has 1 heterocycles. The highest BCUT2D eigenvalue weighted by Gasteiger charge is 3.03. The van der Waals surface area contributed by atoms with Crippen LogP contribution in [0, 0.1) is 0 Å². The number of rotatable bonds is 1. The lowest BCUT2D eigenvalue weighted by molar-refractivity contribution is -0.509. The Labute approximate surface area is 141 Å². The first kappa shape index (κ1) is 22.4. The average Bonchev–Trinajstić information content (AvgIpc) is 2.50. The first-order chi connectivity index (χ1) is 12.1. The van der Waals surface area contributed by atoms with Gasteiger partial charge in [-0.3, -0.25) is 0 Å². The molecule has 0 amide bonds. The molecule has 0 aromatic heterocycles. The third-order valence-corrected chi connectivity index (χ3v) is 3.82. The number of halogens is 16. The molecule has 1 fully saturated rings. The van der Waals surface area contributed by atoms with Crippen molar-refractivity contribution in [2.24, 2.45) is 4.99 Å². The van der Waals surface area contributed by atoms with Gasteiger partial charge in [-0.2, -0.15) is 70.8 Å². The zero-order valence-electron chi connectivity index (χ0n) is 11.9. The second-order valence-electron chi connectivity index (χ2n) is 5.36. The fourth-order valence-electron chi connectivity index (χ4n) is 2.32. The topological polar surface area (TPSA) is 15.6 Å². The number of aliphatic imine (C=N–C) groups is 1. The molecule has 1 aliphatic carbocycles. The highest BCUT2D eigenvalue weighted by molar-refractivity contribution is 5.77. The van der Waals surface area contributed by atoms with Gasteiger partial charge < -0.3 is 0 Å². The van der Waals surface area contributed by atoms with E-state index in [-0.39, 0.29) is 0 Å². The predicted octanol–water partition coefficient (Wildman–Crippen LogP) is 5.18. The van der Waals surface area contributed by atoms with E-state index in [1.165, 1.54) is 4.99 Å². The Morgan fingerprint density at radius 1 is 0.536 bits per heavy atom. The van der Waals surface area contributed by atoms with E-state index in [9.17, 15) is 70.2 Å². The molecule has 0 radical (unpaired) electrons. The summed E-state index contributed by atoms with van der Waals surface area (Å²) < 4.78 is 214. The molecule has 0 N–H and O–H groups in total. The lowest BCUT2D eigenvalue weighted by Gasteiger charge is -2.56. The van der Waals surface area contributed by atoms with Gasteiger partial charge in [0.2, 0.25) is 5.83 Å². The second kappa shape index (κ2) is 5.17. The molecule has 0 unspecified atom stereocenters. The van der Waals surface area contributed by atoms with Crippen LogP contribution in [0.15, 0.2) is 16.8 Å². The van der Waals surface area contributed by atoms with Crippen LogP contribution in [0.4, 0.5) is 70.2 Å². The molecule has 0 atom stereocenters. The Kier molecular flexibility index (Phi) is 4.13. The molecule has 0 spiro atoms. The van der Waals surface area contributed by atoms with Crippen LogP contribution in [0.1, 0.15) is 0 Å². The van der Waals surface area contributed by atoms with E-state index in [2.05, 4.69) is 0 Å². The van der Waals surface area contributed by atoms with Gasteiger partial charge in [-0.25, -0.2) is 9.29 Å². The summed E-state index contributed by atoms with van der Waals surface area (Å²) in [5.74, 6) is -54.4. The smallest absolute Gasteiger partial charge is 0.221 e. The number of amidine groups is 1. The van der Waals surface area contributed by atoms with Crippen LogP contribution in [0.3, 0.4) is 0 Å². The molecule has 0 bridgehead atoms. The van der Waals surface area contributed by atoms with Gasteiger partial charge in [0.05, 0.1) is 0 Å². The van der Waals surface area contributed by atoms with Crippen molar-refractivity contribution in [3.05, 3.63) is 11.8 Å². The van der Waals surface area contributed by atoms with E-state index in [1.54, 1.807) is 0 Å². The monoisotopic (exact) mass is 452 g/mol. The van der Waals surface area contributed by atoms with E-state index >= 15 is 0 Å². The van der Waals surface area contributed by atoms with Crippen LogP contribution >= 0.6 is 0 Å². The van der Waals surface area contributed by atoms with Crippen LogP contribution in [0.5, 0.6) is 0 Å². The average molecular weight is 452 g/mol. The zero-order chi connectivity index (χ0) is 22.5. The summed E-state index contributed by atoms with van der Waals surface area (Å²) in [6.45, 7) is 0. The molecular weight excluding hydrogens is 452 g/mol. The predicted molar refractivity (Wildman–Crippen MR) is 53.1 cm³/mol. The highest BCUT2D eigenvalue weighted by atomic mass is 19.4. The van der Waals surface area contributed by atoms with Gasteiger partial charge >= 0.3 is 41.5 Å². The largest absolute Gasteiger partial charge is 0.388 e. The van der Waals surface area contributed by atoms with Crippen molar-refractivity contribution in [1.82, 2.24) is 4.90 Å². The van der Waals surface area contributed by atoms with Crippen LogP contribution in [-0.2, 0) is 0 Å². The molecule has 162 valence electrons. The van der Waals surface area contributed by atoms with E-state index in [0.29, 0.717) is 0 Å². The van der Waals surface area contributed by atoms with Crippen LogP contribution in [-0.4, -0.2) is 52.4 Å². The standard InChI is InChI=1S/C10F16N2/c11-1-2(12)27-3(13)28(4(1,14)15)10(26)8(22,23)6(18,19)5(16,17)7(20,21)9(10,24)25. The van der Waals surface area contributed by atoms with Crippen LogP contribution in [0.25, 0.3) is 0 Å². The minimum absolute atomic E-state index is 1.27. The SMILES string of the molecule is FC1=NC(F)=C(F)C(F)(F)N1C1(F)C(F)(F)C(F)(F)C(F)(F)C(F)(F)C1(F)F. The lowest BCUT2D eigenvalue weighted by Crippen LogP contribution is -2.88. The van der Waals surface area contributed by atoms with Crippen molar-refractivity contribution in [2.45, 2.75) is 41.5 Å². The molecule has 2 nitrogen and oxygen atoms in total. The summed E-state index contributed by atoms with van der Waals surface area (Å²) in [7, 11) is 0. The maximum Gasteiger partial charge on any atom is 0.388 e. The molecule has 1 saturated carbocycles. The molecule has 2 aliphatic rings. The summed E-state index contributed by atoms with van der Waals surface area (Å²) in [5.41, 5.74) is 0. The first-order valence-corrected chi connectivity index (χ1v) is 6.14. The maximum atomic E-state index is 14.4. The summed E-state index contributed by atoms with van der Waals surface area (Å²) in [4.78, 5) is -2.11. The quantitative estimate of drug-likeness (QED) is 0.396. The first-order valence-electron chi connectivity index (χ1n) is 6.14. The lowest BCUT2D eigenvalue weighted by atomic mass is 9.76. The second-order valence-corrected chi connectivity index (χ2v) is 5.36. The van der Waals surface area contributed by atoms with Crippen molar-refractivity contribution in [1.29, 1.82) is 0 Å². The Morgan fingerprint density at radius 3 is 1.21 bits per heavy atom. The Morgan fingerprint density at radius 2 is 0.857 bits per heavy atom. The Hall–Kier alpha value is -1.91. The van der Waals surface area contributed by atoms with Gasteiger partial charge in [0, 0.05) is 0 Å². The van der Waals surface area contributed by atoms with E-state index in [0.717, 1.165) is 0 Å². The van der Waals surface area contributed by atoms with Crippen molar-refractivity contribution >= 4 is 6.09 Å². The van der Waals surface area contributed by atoms with Gasteiger partial charge in [0.15, 0.2) is 0 Å². The Bertz CT molecular complexity index is 733. The number of hydrogen-bond acceptors (Lipinski definition) is 2. The van der Waals surface area contributed by atoms with Crippen LogP contribution < -0.4 is 0 Å². The zero-order valence-corrected chi connectivity index (χ0v) is 11.9. The third kappa shape index (κ3) is 1.91. The molecule has 28 heavy (non-hydrogen) atoms. The minimum Gasteiger partial charge on any atom is -0.221 e. The summed E-state index contributed by atoms with van der Waals surface area (Å²) in [6, 6.07) is -6.74. The van der Waals surface area contributed by atoms with Gasteiger partial charge in [0.1, 0.15) is 0 Å². The summed E-state index contributed by atoms with van der Waals surface area (Å²) in [5, 5.41) is 0. The maximum absolute atomic E-state index is 14.4. The number of alkyl halides is 13. The van der Waals surface area contributed by atoms with E-state index in [1.807, 2.05) is 0 Å². The van der Waals surface area contributed by atoms with Crippen molar-refractivity contribution in [2.75, 3.05) is 0 Å². The van der Waals surface area contributed by atoms with Crippen molar-refractivity contribution in [3.8, 4) is 0 Å². The van der Waals surface area contributed by atoms with Gasteiger partial charge in [0.25, 0.3) is 12.0 Å². The summed E-state index contributed by atoms with van der Waals surface area (Å²) >= 11 is 0. The molecule has 0 aromatic carbocycles. The molecule has 0 aromatic rings. The van der Waals surface area contributed by atoms with Gasteiger partial charge in [-0.05, 0) is 0 Å². The number of nitrogens with zero attached hydrogens (tertiary/aromatic N) is 2. The van der Waals surface area contributed by atoms with Gasteiger partial charge in [-0.15, -0.1) is 0 Å². The molecular formula is C10F16N2. The fourth-order valence-corrected chi connectivity index (χ4v) is 2.32. The molecule has 18 heteroatoms. The molecule has 0 saturated heterocycles. The normalized spacial score (nSPS) is 31.4. The minimum atomic E-state index is -7.95. The third-order valence-electron chi connectivity index (χ3n) is 3.82. The van der Waals surface area contributed by atoms with Crippen molar-refractivity contribution < 1.29 is 70.2 Å². The number of hydrogen-bond donors (Lipinski definition) is 0. The molecule has 2 rings (SSSR count). The van der Waals surface area contributed by atoms with E-state index < -0.39 is 64.2 Å². The van der Waals surface area contributed by atoms with Crippen LogP contribution in [0.2, 0.25) is 0 Å². The summed E-state index contributed by atoms with van der Waals surface area (Å²) in [6.07, 6.45) is -3.96. The highest BCUT2D eigenvalue weighted by Crippen LogP contribution is 2.71. The fraction of sp³-hybridized carbons (Fsp3) is 0.700. The molecule has 1 aliphatic heterocycles. The Balaban J connectivity index is 2.98. The van der Waals surface area contributed by atoms with Crippen molar-refractivity contribution in [3.63, 3.8) is 0 Å².